The fourth-order valence-electron chi connectivity index (χ4n) is 3.94. The van der Waals surface area contributed by atoms with Crippen LogP contribution in [0.4, 0.5) is 5.82 Å². The third-order valence-electron chi connectivity index (χ3n) is 5.44. The second-order valence-electron chi connectivity index (χ2n) is 7.50. The Hall–Kier alpha value is -3.29. The minimum Gasteiger partial charge on any atom is -0.485 e. The third kappa shape index (κ3) is 3.46. The number of amides is 1. The van der Waals surface area contributed by atoms with Gasteiger partial charge < -0.3 is 19.7 Å². The van der Waals surface area contributed by atoms with E-state index >= 15 is 0 Å². The Labute approximate surface area is 168 Å². The van der Waals surface area contributed by atoms with Gasteiger partial charge in [-0.05, 0) is 38.0 Å². The Balaban J connectivity index is 1.20. The number of nitrogens with zero attached hydrogens (tertiary/aromatic N) is 4. The van der Waals surface area contributed by atoms with E-state index in [1.165, 1.54) is 0 Å². The molecule has 1 saturated heterocycles. The highest BCUT2D eigenvalue weighted by molar-refractivity contribution is 5.82. The van der Waals surface area contributed by atoms with Crippen molar-refractivity contribution in [2.45, 2.75) is 31.9 Å². The molecule has 2 aliphatic heterocycles. The van der Waals surface area contributed by atoms with Crippen molar-refractivity contribution in [3.05, 3.63) is 48.4 Å². The van der Waals surface area contributed by atoms with E-state index in [0.29, 0.717) is 24.6 Å². The summed E-state index contributed by atoms with van der Waals surface area (Å²) >= 11 is 0. The zero-order valence-corrected chi connectivity index (χ0v) is 16.2. The molecule has 8 nitrogen and oxygen atoms in total. The van der Waals surface area contributed by atoms with Gasteiger partial charge in [0.1, 0.15) is 12.1 Å². The molecule has 8 heteroatoms. The van der Waals surface area contributed by atoms with E-state index in [9.17, 15) is 4.79 Å². The van der Waals surface area contributed by atoms with Gasteiger partial charge in [0, 0.05) is 31.5 Å². The number of likely N-dealkylation sites (tertiary alicyclic amines) is 1. The zero-order chi connectivity index (χ0) is 19.8. The lowest BCUT2D eigenvalue weighted by atomic mass is 10.0. The first-order valence-electron chi connectivity index (χ1n) is 9.92. The maximum atomic E-state index is 12.9. The second-order valence-corrected chi connectivity index (χ2v) is 7.50. The number of para-hydroxylation sites is 2. The van der Waals surface area contributed by atoms with Crippen LogP contribution in [0.1, 0.15) is 18.5 Å². The number of rotatable bonds is 3. The van der Waals surface area contributed by atoms with Gasteiger partial charge in [0.2, 0.25) is 6.10 Å². The summed E-state index contributed by atoms with van der Waals surface area (Å²) in [4.78, 5) is 19.2. The van der Waals surface area contributed by atoms with E-state index in [0.717, 1.165) is 29.9 Å². The number of hydrogen-bond donors (Lipinski definition) is 1. The molecule has 0 unspecified atom stereocenters. The molecule has 1 atom stereocenters. The molecule has 5 rings (SSSR count). The van der Waals surface area contributed by atoms with Crippen LogP contribution in [0.3, 0.4) is 0 Å². The van der Waals surface area contributed by atoms with E-state index < -0.39 is 6.10 Å². The Morgan fingerprint density at radius 3 is 2.83 bits per heavy atom. The first-order chi connectivity index (χ1) is 14.2. The summed E-state index contributed by atoms with van der Waals surface area (Å²) in [5.74, 6) is 2.14. The average molecular weight is 393 g/mol. The Morgan fingerprint density at radius 1 is 1.21 bits per heavy atom. The Kier molecular flexibility index (Phi) is 4.46. The molecule has 0 spiro atoms. The highest BCUT2D eigenvalue weighted by atomic mass is 16.6. The number of fused-ring (bicyclic) bond motifs is 2. The molecular weight excluding hydrogens is 370 g/mol. The summed E-state index contributed by atoms with van der Waals surface area (Å²) in [6, 6.07) is 9.73. The van der Waals surface area contributed by atoms with Crippen molar-refractivity contribution in [3.63, 3.8) is 0 Å². The third-order valence-corrected chi connectivity index (χ3v) is 5.44. The molecule has 4 heterocycles. The topological polar surface area (TPSA) is 81.0 Å². The number of carbonyl (C=O) groups excluding carboxylic acids is 1. The van der Waals surface area contributed by atoms with Crippen LogP contribution in [-0.4, -0.2) is 57.2 Å². The van der Waals surface area contributed by atoms with Gasteiger partial charge in [0.25, 0.3) is 5.91 Å². The Morgan fingerprint density at radius 2 is 2.00 bits per heavy atom. The fourth-order valence-corrected chi connectivity index (χ4v) is 3.94. The number of carbonyl (C=O) groups is 1. The monoisotopic (exact) mass is 393 g/mol. The second kappa shape index (κ2) is 7.27. The van der Waals surface area contributed by atoms with Crippen molar-refractivity contribution < 1.29 is 14.3 Å². The minimum atomic E-state index is -0.584. The number of piperidine rings is 1. The number of aromatic nitrogens is 3. The van der Waals surface area contributed by atoms with Gasteiger partial charge in [-0.1, -0.05) is 12.1 Å². The molecule has 3 aromatic rings. The molecule has 0 aliphatic carbocycles. The fraction of sp³-hybridized carbons (Fsp3) is 0.381. The molecule has 0 bridgehead atoms. The van der Waals surface area contributed by atoms with Crippen LogP contribution in [0.5, 0.6) is 11.5 Å². The highest BCUT2D eigenvalue weighted by Crippen LogP contribution is 2.31. The lowest BCUT2D eigenvalue weighted by molar-refractivity contribution is -0.142. The van der Waals surface area contributed by atoms with Crippen LogP contribution in [0.2, 0.25) is 0 Å². The summed E-state index contributed by atoms with van der Waals surface area (Å²) in [5, 5.41) is 7.95. The summed E-state index contributed by atoms with van der Waals surface area (Å²) in [6.07, 6.45) is 4.72. The van der Waals surface area contributed by atoms with Crippen molar-refractivity contribution in [3.8, 4) is 11.5 Å². The van der Waals surface area contributed by atoms with Crippen molar-refractivity contribution in [2.24, 2.45) is 0 Å². The lowest BCUT2D eigenvalue weighted by Crippen LogP contribution is -2.50. The van der Waals surface area contributed by atoms with Crippen molar-refractivity contribution in [2.75, 3.05) is 25.0 Å². The lowest BCUT2D eigenvalue weighted by Gasteiger charge is -2.35. The number of hydrogen-bond acceptors (Lipinski definition) is 6. The largest absolute Gasteiger partial charge is 0.485 e. The van der Waals surface area contributed by atoms with E-state index in [1.807, 2.05) is 52.9 Å². The quantitative estimate of drug-likeness (QED) is 0.735. The van der Waals surface area contributed by atoms with Crippen molar-refractivity contribution in [1.29, 1.82) is 0 Å². The molecule has 150 valence electrons. The van der Waals surface area contributed by atoms with Crippen LogP contribution in [0.25, 0.3) is 5.52 Å². The molecule has 1 aromatic carbocycles. The number of benzene rings is 1. The van der Waals surface area contributed by atoms with Gasteiger partial charge in [-0.25, -0.2) is 9.50 Å². The van der Waals surface area contributed by atoms with E-state index in [2.05, 4.69) is 15.4 Å². The van der Waals surface area contributed by atoms with Gasteiger partial charge in [-0.3, -0.25) is 4.79 Å². The molecule has 1 fully saturated rings. The summed E-state index contributed by atoms with van der Waals surface area (Å²) < 4.78 is 13.4. The van der Waals surface area contributed by atoms with Gasteiger partial charge in [0.15, 0.2) is 17.3 Å². The first kappa shape index (κ1) is 17.8. The SMILES string of the molecule is Cc1cc2c(NC3CCN(C(=O)[C@@H]4COc5ccccc5O4)CC3)nccn2n1. The predicted octanol–water partition coefficient (Wildman–Crippen LogP) is 2.28. The number of aryl methyl sites for hydroxylation is 1. The van der Waals surface area contributed by atoms with E-state index in [1.54, 1.807) is 6.20 Å². The normalized spacial score (nSPS) is 19.3. The zero-order valence-electron chi connectivity index (χ0n) is 16.2. The highest BCUT2D eigenvalue weighted by Gasteiger charge is 2.33. The molecular formula is C21H23N5O3. The number of ether oxygens (including phenoxy) is 2. The number of anilines is 1. The van der Waals surface area contributed by atoms with Gasteiger partial charge in [-0.15, -0.1) is 0 Å². The number of nitrogens with one attached hydrogen (secondary N) is 1. The first-order valence-corrected chi connectivity index (χ1v) is 9.92. The Bertz CT molecular complexity index is 1040. The van der Waals surface area contributed by atoms with Gasteiger partial charge >= 0.3 is 0 Å². The van der Waals surface area contributed by atoms with Crippen LogP contribution >= 0.6 is 0 Å². The van der Waals surface area contributed by atoms with Gasteiger partial charge in [0.05, 0.1) is 5.69 Å². The van der Waals surface area contributed by atoms with Crippen molar-refractivity contribution >= 4 is 17.2 Å². The maximum absolute atomic E-state index is 12.9. The summed E-state index contributed by atoms with van der Waals surface area (Å²) in [5.41, 5.74) is 1.92. The van der Waals surface area contributed by atoms with Crippen LogP contribution in [-0.2, 0) is 4.79 Å². The van der Waals surface area contributed by atoms with E-state index in [-0.39, 0.29) is 18.6 Å². The standard InChI is InChI=1S/C21H23N5O3/c1-14-12-16-20(22-8-11-26(16)24-14)23-15-6-9-25(10-7-15)21(27)19-13-28-17-4-2-3-5-18(17)29-19/h2-5,8,11-12,15,19H,6-7,9-10,13H2,1H3,(H,22,23)/t19-/m0/s1. The molecule has 1 N–H and O–H groups in total. The van der Waals surface area contributed by atoms with Crippen LogP contribution in [0, 0.1) is 6.92 Å². The molecule has 0 saturated carbocycles. The van der Waals surface area contributed by atoms with E-state index in [4.69, 9.17) is 9.47 Å². The summed E-state index contributed by atoms with van der Waals surface area (Å²) in [6.45, 7) is 3.58. The smallest absolute Gasteiger partial charge is 0.267 e. The average Bonchev–Trinajstić information content (AvgIpc) is 3.15. The van der Waals surface area contributed by atoms with Crippen LogP contribution < -0.4 is 14.8 Å². The predicted molar refractivity (Wildman–Crippen MR) is 107 cm³/mol. The minimum absolute atomic E-state index is 0.00963. The molecule has 2 aromatic heterocycles. The van der Waals surface area contributed by atoms with Crippen LogP contribution in [0.15, 0.2) is 42.7 Å². The maximum Gasteiger partial charge on any atom is 0.267 e. The molecule has 1 amide bonds. The van der Waals surface area contributed by atoms with Crippen molar-refractivity contribution in [1.82, 2.24) is 19.5 Å². The molecule has 29 heavy (non-hydrogen) atoms. The summed E-state index contributed by atoms with van der Waals surface area (Å²) in [7, 11) is 0. The molecule has 0 radical (unpaired) electrons. The molecule has 2 aliphatic rings. The van der Waals surface area contributed by atoms with Gasteiger partial charge in [-0.2, -0.15) is 5.10 Å².